The maximum Gasteiger partial charge on any atom is 0.261 e. The van der Waals surface area contributed by atoms with E-state index in [1.54, 1.807) is 48.7 Å². The number of hydrogen-bond donors (Lipinski definition) is 1. The fourth-order valence-corrected chi connectivity index (χ4v) is 4.98. The number of carbonyl (C=O) groups is 3. The third kappa shape index (κ3) is 5.85. The molecular formula is C26H26ClN3O5S. The minimum absolute atomic E-state index is 0.102. The highest BCUT2D eigenvalue weighted by molar-refractivity contribution is 7.17. The normalized spacial score (nSPS) is 15.9. The lowest BCUT2D eigenvalue weighted by Crippen LogP contribution is -2.61. The molecule has 3 aromatic rings. The van der Waals surface area contributed by atoms with Crippen LogP contribution in [0.4, 0.5) is 0 Å². The zero-order valence-electron chi connectivity index (χ0n) is 19.9. The number of halogens is 1. The second kappa shape index (κ2) is 11.1. The summed E-state index contributed by atoms with van der Waals surface area (Å²) in [4.78, 5) is 56.3. The number of amides is 3. The van der Waals surface area contributed by atoms with Crippen LogP contribution in [0.15, 0.2) is 59.5 Å². The number of rotatable bonds is 7. The molecular weight excluding hydrogens is 502 g/mol. The van der Waals surface area contributed by atoms with Crippen LogP contribution >= 0.6 is 22.9 Å². The van der Waals surface area contributed by atoms with Crippen molar-refractivity contribution in [3.8, 4) is 16.2 Å². The van der Waals surface area contributed by atoms with Crippen LogP contribution < -0.4 is 10.3 Å². The van der Waals surface area contributed by atoms with Crippen molar-refractivity contribution in [2.75, 3.05) is 19.7 Å². The van der Waals surface area contributed by atoms with E-state index < -0.39 is 17.9 Å². The lowest BCUT2D eigenvalue weighted by atomic mass is 9.98. The van der Waals surface area contributed by atoms with E-state index in [0.29, 0.717) is 21.4 Å². The zero-order valence-corrected chi connectivity index (χ0v) is 21.5. The van der Waals surface area contributed by atoms with Gasteiger partial charge in [0.05, 0.1) is 4.34 Å². The Bertz CT molecular complexity index is 1300. The smallest absolute Gasteiger partial charge is 0.261 e. The van der Waals surface area contributed by atoms with Gasteiger partial charge in [0.15, 0.2) is 11.7 Å². The first-order valence-corrected chi connectivity index (χ1v) is 12.7. The molecule has 8 nitrogen and oxygen atoms in total. The van der Waals surface area contributed by atoms with Crippen molar-refractivity contribution >= 4 is 40.7 Å². The molecule has 1 atom stereocenters. The maximum absolute atomic E-state index is 13.4. The number of aromatic nitrogens is 1. The number of hydrogen-bond acceptors (Lipinski definition) is 6. The van der Waals surface area contributed by atoms with E-state index in [-0.39, 0.29) is 37.1 Å². The quantitative estimate of drug-likeness (QED) is 0.467. The molecule has 1 fully saturated rings. The van der Waals surface area contributed by atoms with Crippen molar-refractivity contribution in [1.82, 2.24) is 14.8 Å². The number of nitrogens with one attached hydrogen (secondary N) is 1. The van der Waals surface area contributed by atoms with Crippen LogP contribution in [-0.4, -0.2) is 58.2 Å². The van der Waals surface area contributed by atoms with Crippen LogP contribution in [0, 0.1) is 5.92 Å². The number of piperazine rings is 1. The standard InChI is InChI=1S/C26H26ClN3O5S/c1-16(2)13-20-26(34)30(12-11-29(20)23(32)15-35-24-10-8-21(27)36-24)25(33)18-5-3-17(4-6-18)19-7-9-22(31)28-14-19/h3-10,14,16,20H,11-13,15H2,1-2H3,(H,28,31)/t20-/m0/s1. The molecule has 3 amide bonds. The third-order valence-corrected chi connectivity index (χ3v) is 7.03. The van der Waals surface area contributed by atoms with E-state index in [4.69, 9.17) is 16.3 Å². The van der Waals surface area contributed by atoms with E-state index in [1.807, 2.05) is 13.8 Å². The Kier molecular flexibility index (Phi) is 7.91. The van der Waals surface area contributed by atoms with Gasteiger partial charge in [0.1, 0.15) is 6.04 Å². The highest BCUT2D eigenvalue weighted by Gasteiger charge is 2.40. The largest absolute Gasteiger partial charge is 0.474 e. The van der Waals surface area contributed by atoms with Gasteiger partial charge in [0.25, 0.3) is 17.7 Å². The summed E-state index contributed by atoms with van der Waals surface area (Å²) in [6.07, 6.45) is 2.04. The summed E-state index contributed by atoms with van der Waals surface area (Å²) in [5.74, 6) is -0.968. The first-order valence-electron chi connectivity index (χ1n) is 11.6. The van der Waals surface area contributed by atoms with Crippen LogP contribution in [0.5, 0.6) is 5.06 Å². The topological polar surface area (TPSA) is 99.8 Å². The van der Waals surface area contributed by atoms with E-state index in [0.717, 1.165) is 11.1 Å². The molecule has 1 N–H and O–H groups in total. The van der Waals surface area contributed by atoms with Gasteiger partial charge in [-0.15, -0.1) is 0 Å². The van der Waals surface area contributed by atoms with Gasteiger partial charge in [-0.25, -0.2) is 0 Å². The Morgan fingerprint density at radius 2 is 1.78 bits per heavy atom. The molecule has 1 aliphatic heterocycles. The van der Waals surface area contributed by atoms with E-state index in [2.05, 4.69) is 4.98 Å². The summed E-state index contributed by atoms with van der Waals surface area (Å²) in [5, 5.41) is 0.527. The number of pyridine rings is 1. The fraction of sp³-hybridized carbons (Fsp3) is 0.308. The summed E-state index contributed by atoms with van der Waals surface area (Å²) in [7, 11) is 0. The van der Waals surface area contributed by atoms with Gasteiger partial charge in [-0.05, 0) is 53.8 Å². The maximum atomic E-state index is 13.4. The lowest BCUT2D eigenvalue weighted by Gasteiger charge is -2.40. The first kappa shape index (κ1) is 25.7. The Hall–Kier alpha value is -3.43. The minimum Gasteiger partial charge on any atom is -0.474 e. The number of nitrogens with zero attached hydrogens (tertiary/aromatic N) is 2. The van der Waals surface area contributed by atoms with Crippen molar-refractivity contribution in [3.05, 3.63) is 75.0 Å². The Morgan fingerprint density at radius 3 is 2.39 bits per heavy atom. The molecule has 4 rings (SSSR count). The molecule has 3 heterocycles. The van der Waals surface area contributed by atoms with Gasteiger partial charge < -0.3 is 14.6 Å². The van der Waals surface area contributed by atoms with Crippen LogP contribution in [0.1, 0.15) is 30.6 Å². The van der Waals surface area contributed by atoms with Crippen molar-refractivity contribution < 1.29 is 19.1 Å². The van der Waals surface area contributed by atoms with E-state index in [9.17, 15) is 19.2 Å². The summed E-state index contributed by atoms with van der Waals surface area (Å²) in [6.45, 7) is 4.06. The highest BCUT2D eigenvalue weighted by atomic mass is 35.5. The Balaban J connectivity index is 1.47. The molecule has 0 aliphatic carbocycles. The van der Waals surface area contributed by atoms with Crippen LogP contribution in [0.3, 0.4) is 0 Å². The lowest BCUT2D eigenvalue weighted by molar-refractivity contribution is -0.151. The first-order chi connectivity index (χ1) is 17.2. The van der Waals surface area contributed by atoms with Gasteiger partial charge in [-0.3, -0.25) is 24.1 Å². The number of aromatic amines is 1. The summed E-state index contributed by atoms with van der Waals surface area (Å²) in [6, 6.07) is 12.6. The van der Waals surface area contributed by atoms with Crippen molar-refractivity contribution in [3.63, 3.8) is 0 Å². The van der Waals surface area contributed by atoms with Crippen LogP contribution in [0.25, 0.3) is 11.1 Å². The Morgan fingerprint density at radius 1 is 1.06 bits per heavy atom. The molecule has 0 radical (unpaired) electrons. The fourth-order valence-electron chi connectivity index (χ4n) is 4.10. The van der Waals surface area contributed by atoms with Crippen LogP contribution in [-0.2, 0) is 9.59 Å². The summed E-state index contributed by atoms with van der Waals surface area (Å²) in [5.41, 5.74) is 1.81. The van der Waals surface area contributed by atoms with Gasteiger partial charge >= 0.3 is 0 Å². The second-order valence-corrected chi connectivity index (χ2v) is 10.6. The average Bonchev–Trinajstić information content (AvgIpc) is 3.28. The molecule has 36 heavy (non-hydrogen) atoms. The predicted molar refractivity (Wildman–Crippen MR) is 138 cm³/mol. The minimum atomic E-state index is -0.744. The summed E-state index contributed by atoms with van der Waals surface area (Å²) < 4.78 is 6.12. The molecule has 0 spiro atoms. The van der Waals surface area contributed by atoms with Gasteiger partial charge in [-0.2, -0.15) is 0 Å². The number of carbonyl (C=O) groups excluding carboxylic acids is 3. The predicted octanol–water partition coefficient (Wildman–Crippen LogP) is 4.06. The van der Waals surface area contributed by atoms with Gasteiger partial charge in [0.2, 0.25) is 5.56 Å². The molecule has 0 saturated carbocycles. The average molecular weight is 528 g/mol. The van der Waals surface area contributed by atoms with Crippen molar-refractivity contribution in [2.24, 2.45) is 5.92 Å². The van der Waals surface area contributed by atoms with E-state index >= 15 is 0 Å². The van der Waals surface area contributed by atoms with Crippen LogP contribution in [0.2, 0.25) is 4.34 Å². The molecule has 2 aromatic heterocycles. The SMILES string of the molecule is CC(C)C[C@H]1C(=O)N(C(=O)c2ccc(-c3ccc(=O)[nH]c3)cc2)CCN1C(=O)COc1ccc(Cl)s1. The number of benzene rings is 1. The molecule has 188 valence electrons. The molecule has 0 unspecified atom stereocenters. The van der Waals surface area contributed by atoms with Gasteiger partial charge in [-0.1, -0.05) is 48.9 Å². The molecule has 1 saturated heterocycles. The number of H-pyrrole nitrogens is 1. The Labute approximate surface area is 217 Å². The summed E-state index contributed by atoms with van der Waals surface area (Å²) >= 11 is 7.14. The highest BCUT2D eigenvalue weighted by Crippen LogP contribution is 2.28. The molecule has 0 bridgehead atoms. The second-order valence-electron chi connectivity index (χ2n) is 8.89. The van der Waals surface area contributed by atoms with Crippen molar-refractivity contribution in [1.29, 1.82) is 0 Å². The monoisotopic (exact) mass is 527 g/mol. The van der Waals surface area contributed by atoms with E-state index in [1.165, 1.54) is 27.2 Å². The number of imide groups is 1. The van der Waals surface area contributed by atoms with Crippen molar-refractivity contribution in [2.45, 2.75) is 26.3 Å². The number of ether oxygens (including phenoxy) is 1. The zero-order chi connectivity index (χ0) is 25.8. The molecule has 10 heteroatoms. The third-order valence-electron chi connectivity index (χ3n) is 5.89. The molecule has 1 aromatic carbocycles. The van der Waals surface area contributed by atoms with Gasteiger partial charge in [0, 0.05) is 30.9 Å². The molecule has 1 aliphatic rings. The number of thiophene rings is 1.